The highest BCUT2D eigenvalue weighted by Gasteiger charge is 2.34. The van der Waals surface area contributed by atoms with Gasteiger partial charge in [0.1, 0.15) is 23.9 Å². The third-order valence-corrected chi connectivity index (χ3v) is 2.91. The number of alkyl halides is 6. The van der Waals surface area contributed by atoms with Crippen LogP contribution in [-0.2, 0) is 0 Å². The molecule has 0 aliphatic heterocycles. The van der Waals surface area contributed by atoms with E-state index in [0.717, 1.165) is 12.1 Å². The number of hydrogen-bond donors (Lipinski definition) is 0. The predicted octanol–water partition coefficient (Wildman–Crippen LogP) is 5.47. The molecule has 0 atom stereocenters. The summed E-state index contributed by atoms with van der Waals surface area (Å²) < 4.78 is 86.8. The van der Waals surface area contributed by atoms with E-state index in [9.17, 15) is 26.3 Å². The average Bonchev–Trinajstić information content (AvgIpc) is 2.57. The second kappa shape index (κ2) is 9.08. The molecular formula is C19H12F6O3. The van der Waals surface area contributed by atoms with Crippen molar-refractivity contribution >= 4 is 0 Å². The lowest BCUT2D eigenvalue weighted by atomic mass is 10.2. The summed E-state index contributed by atoms with van der Waals surface area (Å²) in [6.07, 6.45) is -7.30. The number of halogens is 6. The highest BCUT2D eigenvalue weighted by molar-refractivity contribution is 5.51. The summed E-state index contributed by atoms with van der Waals surface area (Å²) in [6.45, 7) is 0.170. The largest absolute Gasteiger partial charge is 0.573 e. The van der Waals surface area contributed by atoms with Crippen LogP contribution in [0, 0.1) is 11.8 Å². The van der Waals surface area contributed by atoms with Crippen LogP contribution in [0.25, 0.3) is 0 Å². The number of ether oxygens (including phenoxy) is 3. The van der Waals surface area contributed by atoms with Gasteiger partial charge in [-0.1, -0.05) is 30.0 Å². The van der Waals surface area contributed by atoms with Gasteiger partial charge >= 0.3 is 12.7 Å². The molecule has 0 aliphatic rings. The first-order chi connectivity index (χ1) is 13.1. The number of hydrogen-bond acceptors (Lipinski definition) is 3. The first-order valence-electron chi connectivity index (χ1n) is 7.62. The summed E-state index contributed by atoms with van der Waals surface area (Å²) in [5.41, 5.74) is -0.263. The van der Waals surface area contributed by atoms with Gasteiger partial charge in [-0.25, -0.2) is 0 Å². The van der Waals surface area contributed by atoms with Crippen LogP contribution in [0.15, 0.2) is 60.7 Å². The van der Waals surface area contributed by atoms with E-state index in [1.807, 2.05) is 6.07 Å². The van der Waals surface area contributed by atoms with Crippen LogP contribution in [0.1, 0.15) is 5.56 Å². The third-order valence-electron chi connectivity index (χ3n) is 2.91. The van der Waals surface area contributed by atoms with E-state index in [2.05, 4.69) is 21.3 Å². The van der Waals surface area contributed by atoms with Crippen molar-refractivity contribution in [2.75, 3.05) is 6.61 Å². The first-order valence-corrected chi connectivity index (χ1v) is 7.62. The minimum absolute atomic E-state index is 0.170. The van der Waals surface area contributed by atoms with E-state index >= 15 is 0 Å². The molecule has 0 aromatic heterocycles. The van der Waals surface area contributed by atoms with Crippen molar-refractivity contribution < 1.29 is 40.6 Å². The Kier molecular flexibility index (Phi) is 6.82. The predicted molar refractivity (Wildman–Crippen MR) is 87.8 cm³/mol. The zero-order chi connectivity index (χ0) is 20.6. The van der Waals surface area contributed by atoms with Gasteiger partial charge in [-0.2, -0.15) is 0 Å². The maximum atomic E-state index is 12.5. The molecule has 3 nitrogen and oxygen atoms in total. The van der Waals surface area contributed by atoms with Crippen LogP contribution in [0.2, 0.25) is 0 Å². The second-order valence-electron chi connectivity index (χ2n) is 5.05. The Labute approximate surface area is 156 Å². The second-order valence-corrected chi connectivity index (χ2v) is 5.05. The van der Waals surface area contributed by atoms with Gasteiger partial charge in [0.05, 0.1) is 5.56 Å². The van der Waals surface area contributed by atoms with Crippen LogP contribution in [0.5, 0.6) is 17.2 Å². The van der Waals surface area contributed by atoms with Gasteiger partial charge in [0, 0.05) is 6.07 Å². The van der Waals surface area contributed by atoms with Crippen molar-refractivity contribution in [1.82, 2.24) is 0 Å². The molecular weight excluding hydrogens is 390 g/mol. The van der Waals surface area contributed by atoms with E-state index in [-0.39, 0.29) is 12.2 Å². The Balaban J connectivity index is 2.08. The molecule has 2 rings (SSSR count). The average molecular weight is 402 g/mol. The summed E-state index contributed by atoms with van der Waals surface area (Å²) in [5, 5.41) is 0. The molecule has 0 saturated heterocycles. The third kappa shape index (κ3) is 7.95. The zero-order valence-corrected chi connectivity index (χ0v) is 14.0. The number of para-hydroxylation sites is 1. The lowest BCUT2D eigenvalue weighted by Gasteiger charge is -2.13. The van der Waals surface area contributed by atoms with Crippen LogP contribution >= 0.6 is 0 Å². The Morgan fingerprint density at radius 3 is 2.14 bits per heavy atom. The lowest BCUT2D eigenvalue weighted by Crippen LogP contribution is -2.19. The van der Waals surface area contributed by atoms with Crippen molar-refractivity contribution in [1.29, 1.82) is 0 Å². The zero-order valence-electron chi connectivity index (χ0n) is 14.0. The molecule has 9 heteroatoms. The van der Waals surface area contributed by atoms with Gasteiger partial charge in [0.2, 0.25) is 0 Å². The molecule has 0 unspecified atom stereocenters. The molecule has 0 N–H and O–H groups in total. The lowest BCUT2D eigenvalue weighted by molar-refractivity contribution is -0.276. The topological polar surface area (TPSA) is 27.7 Å². The molecule has 2 aromatic carbocycles. The molecule has 2 aromatic rings. The monoisotopic (exact) mass is 402 g/mol. The quantitative estimate of drug-likeness (QED) is 0.490. The molecule has 0 fully saturated rings. The SMILES string of the molecule is FC(F)(F)Oc1ccc(C#C/C=C/COc2ccccc2)c(OC(F)(F)F)c1. The van der Waals surface area contributed by atoms with Crippen molar-refractivity contribution in [2.45, 2.75) is 12.7 Å². The Morgan fingerprint density at radius 1 is 0.821 bits per heavy atom. The number of rotatable bonds is 5. The standard InChI is InChI=1S/C19H12F6O3/c20-18(21,22)27-16-11-10-14(17(13-16)28-19(23,24)25)7-3-2-6-12-26-15-8-4-1-5-9-15/h1-2,4-6,8-11,13H,12H2/b6-2+. The molecule has 0 heterocycles. The Hall–Kier alpha value is -3.28. The fourth-order valence-electron chi connectivity index (χ4n) is 1.90. The highest BCUT2D eigenvalue weighted by atomic mass is 19.4. The number of benzene rings is 2. The van der Waals surface area contributed by atoms with Gasteiger partial charge in [-0.05, 0) is 36.4 Å². The van der Waals surface area contributed by atoms with Crippen molar-refractivity contribution in [3.05, 3.63) is 66.2 Å². The number of allylic oxidation sites excluding steroid dienone is 1. The van der Waals surface area contributed by atoms with Gasteiger partial charge in [0.15, 0.2) is 0 Å². The van der Waals surface area contributed by atoms with Gasteiger partial charge in [-0.15, -0.1) is 26.3 Å². The molecule has 28 heavy (non-hydrogen) atoms. The summed E-state index contributed by atoms with van der Waals surface area (Å²) in [5.74, 6) is 3.69. The summed E-state index contributed by atoms with van der Waals surface area (Å²) in [4.78, 5) is 0. The molecule has 0 amide bonds. The minimum Gasteiger partial charge on any atom is -0.490 e. The van der Waals surface area contributed by atoms with E-state index in [0.29, 0.717) is 11.8 Å². The summed E-state index contributed by atoms with van der Waals surface area (Å²) >= 11 is 0. The van der Waals surface area contributed by atoms with Gasteiger partial charge < -0.3 is 14.2 Å². The smallest absolute Gasteiger partial charge is 0.490 e. The van der Waals surface area contributed by atoms with E-state index in [4.69, 9.17) is 4.74 Å². The van der Waals surface area contributed by atoms with E-state index in [1.165, 1.54) is 12.2 Å². The first kappa shape index (κ1) is 21.0. The van der Waals surface area contributed by atoms with Crippen LogP contribution < -0.4 is 14.2 Å². The molecule has 0 saturated carbocycles. The molecule has 0 aliphatic carbocycles. The van der Waals surface area contributed by atoms with Crippen molar-refractivity contribution in [3.8, 4) is 29.1 Å². The van der Waals surface area contributed by atoms with E-state index in [1.54, 1.807) is 24.3 Å². The normalized spacial score (nSPS) is 11.6. The van der Waals surface area contributed by atoms with Gasteiger partial charge in [-0.3, -0.25) is 0 Å². The molecule has 0 bridgehead atoms. The summed E-state index contributed by atoms with van der Waals surface area (Å²) in [6, 6.07) is 11.1. The van der Waals surface area contributed by atoms with Crippen molar-refractivity contribution in [2.24, 2.45) is 0 Å². The fourth-order valence-corrected chi connectivity index (χ4v) is 1.90. The van der Waals surface area contributed by atoms with Crippen molar-refractivity contribution in [3.63, 3.8) is 0 Å². The fraction of sp³-hybridized carbons (Fsp3) is 0.158. The van der Waals surface area contributed by atoms with Crippen LogP contribution in [0.3, 0.4) is 0 Å². The minimum atomic E-state index is -5.10. The Morgan fingerprint density at radius 2 is 1.50 bits per heavy atom. The Bertz CT molecular complexity index is 861. The van der Waals surface area contributed by atoms with Gasteiger partial charge in [0.25, 0.3) is 0 Å². The van der Waals surface area contributed by atoms with E-state index < -0.39 is 24.2 Å². The van der Waals surface area contributed by atoms with Crippen LogP contribution in [0.4, 0.5) is 26.3 Å². The highest BCUT2D eigenvalue weighted by Crippen LogP contribution is 2.32. The van der Waals surface area contributed by atoms with Crippen LogP contribution in [-0.4, -0.2) is 19.3 Å². The molecule has 148 valence electrons. The maximum Gasteiger partial charge on any atom is 0.573 e. The summed E-state index contributed by atoms with van der Waals surface area (Å²) in [7, 11) is 0. The molecule has 0 radical (unpaired) electrons. The maximum absolute atomic E-state index is 12.5. The molecule has 0 spiro atoms.